The van der Waals surface area contributed by atoms with Crippen molar-refractivity contribution in [3.63, 3.8) is 0 Å². The molecule has 1 atom stereocenters. The number of nitrogens with zero attached hydrogens (tertiary/aromatic N) is 1. The minimum atomic E-state index is -0.804. The van der Waals surface area contributed by atoms with Gasteiger partial charge in [0.2, 0.25) is 0 Å². The van der Waals surface area contributed by atoms with Crippen LogP contribution in [0.15, 0.2) is 134 Å². The average molecular weight is 558 g/mol. The number of carbonyl (C=O) groups excluding carboxylic acids is 2. The van der Waals surface area contributed by atoms with Crippen molar-refractivity contribution >= 4 is 50.5 Å². The average Bonchev–Trinajstić information content (AvgIpc) is 3.02. The summed E-state index contributed by atoms with van der Waals surface area (Å²) < 4.78 is 16.4. The van der Waals surface area contributed by atoms with Crippen LogP contribution >= 0.6 is 0 Å². The minimum Gasteiger partial charge on any atom is -0.490 e. The fourth-order valence-electron chi connectivity index (χ4n) is 4.68. The normalized spacial score (nSPS) is 11.5. The lowest BCUT2D eigenvalue weighted by atomic mass is 10.0. The lowest BCUT2D eigenvalue weighted by molar-refractivity contribution is -0.154. The quantitative estimate of drug-likeness (QED) is 0.0930. The van der Waals surface area contributed by atoms with Crippen LogP contribution < -0.4 is 9.64 Å². The zero-order chi connectivity index (χ0) is 29.5. The Kier molecular flexibility index (Phi) is 8.64. The molecule has 0 heterocycles. The van der Waals surface area contributed by atoms with Crippen LogP contribution in [0.3, 0.4) is 0 Å². The molecule has 0 aliphatic carbocycles. The highest BCUT2D eigenvalue weighted by Gasteiger charge is 2.18. The van der Waals surface area contributed by atoms with E-state index in [-0.39, 0.29) is 18.8 Å². The Bertz CT molecular complexity index is 1710. The van der Waals surface area contributed by atoms with E-state index in [1.165, 1.54) is 0 Å². The Morgan fingerprint density at radius 2 is 1.36 bits per heavy atom. The first-order chi connectivity index (χ1) is 20.4. The van der Waals surface area contributed by atoms with Gasteiger partial charge in [0.25, 0.3) is 0 Å². The summed E-state index contributed by atoms with van der Waals surface area (Å²) in [5.74, 6) is -0.591. The highest BCUT2D eigenvalue weighted by Crippen LogP contribution is 2.37. The first-order valence-electron chi connectivity index (χ1n) is 13.6. The molecule has 5 aromatic carbocycles. The molecule has 5 aromatic rings. The molecule has 0 amide bonds. The molecule has 0 bridgehead atoms. The van der Waals surface area contributed by atoms with Crippen LogP contribution in [0.4, 0.5) is 17.1 Å². The van der Waals surface area contributed by atoms with Gasteiger partial charge in [-0.1, -0.05) is 73.8 Å². The van der Waals surface area contributed by atoms with Crippen molar-refractivity contribution in [3.05, 3.63) is 134 Å². The number of rotatable bonds is 11. The van der Waals surface area contributed by atoms with Crippen LogP contribution in [0.25, 0.3) is 21.5 Å². The molecule has 1 unspecified atom stereocenters. The van der Waals surface area contributed by atoms with E-state index in [0.717, 1.165) is 44.7 Å². The van der Waals surface area contributed by atoms with E-state index >= 15 is 0 Å². The lowest BCUT2D eigenvalue weighted by Crippen LogP contribution is -2.30. The van der Waals surface area contributed by atoms with Crippen LogP contribution in [0, 0.1) is 0 Å². The fraction of sp³-hybridized carbons (Fsp3) is 0.111. The van der Waals surface area contributed by atoms with Gasteiger partial charge in [-0.2, -0.15) is 0 Å². The van der Waals surface area contributed by atoms with E-state index in [1.54, 1.807) is 6.92 Å². The first-order valence-corrected chi connectivity index (χ1v) is 13.6. The third-order valence-corrected chi connectivity index (χ3v) is 6.71. The molecule has 0 N–H and O–H groups in total. The molecule has 0 spiro atoms. The second-order valence-electron chi connectivity index (χ2n) is 9.81. The summed E-state index contributed by atoms with van der Waals surface area (Å²) >= 11 is 0. The van der Waals surface area contributed by atoms with Gasteiger partial charge in [-0.15, -0.1) is 0 Å². The summed E-state index contributed by atoms with van der Waals surface area (Å²) in [6.07, 6.45) is 0.251. The van der Waals surface area contributed by atoms with Crippen molar-refractivity contribution in [1.29, 1.82) is 0 Å². The van der Waals surface area contributed by atoms with Gasteiger partial charge in [0.05, 0.1) is 0 Å². The summed E-state index contributed by atoms with van der Waals surface area (Å²) in [5.41, 5.74) is 3.48. The topological polar surface area (TPSA) is 65.1 Å². The molecular formula is C36H31NO5. The third-order valence-electron chi connectivity index (χ3n) is 6.71. The standard InChI is InChI=1S/C36H31NO5/c1-4-35(38)42-32(24-41-36(39)25(2)3)23-40-31-18-20-34-27(22-31)16-15-26-21-30(17-19-33(26)34)37(28-11-7-5-8-12-28)29-13-9-6-10-14-29/h4-22,32H,1-2,23-24H2,3H3. The van der Waals surface area contributed by atoms with E-state index in [1.807, 2.05) is 54.6 Å². The Hall–Kier alpha value is -5.36. The van der Waals surface area contributed by atoms with E-state index < -0.39 is 18.0 Å². The van der Waals surface area contributed by atoms with Crippen LogP contribution in [0.2, 0.25) is 0 Å². The summed E-state index contributed by atoms with van der Waals surface area (Å²) in [7, 11) is 0. The van der Waals surface area contributed by atoms with Crippen molar-refractivity contribution in [1.82, 2.24) is 0 Å². The van der Waals surface area contributed by atoms with Gasteiger partial charge in [-0.3, -0.25) is 0 Å². The Morgan fingerprint density at radius 3 is 1.95 bits per heavy atom. The Balaban J connectivity index is 1.39. The first kappa shape index (κ1) is 28.2. The van der Waals surface area contributed by atoms with Gasteiger partial charge in [-0.05, 0) is 77.0 Å². The highest BCUT2D eigenvalue weighted by atomic mass is 16.6. The smallest absolute Gasteiger partial charge is 0.333 e. The zero-order valence-corrected chi connectivity index (χ0v) is 23.4. The molecule has 5 rings (SSSR count). The summed E-state index contributed by atoms with van der Waals surface area (Å²) in [6, 6.07) is 37.1. The summed E-state index contributed by atoms with van der Waals surface area (Å²) in [6.45, 7) is 8.37. The van der Waals surface area contributed by atoms with Crippen molar-refractivity contribution < 1.29 is 23.8 Å². The number of hydrogen-bond donors (Lipinski definition) is 0. The number of benzene rings is 5. The van der Waals surface area contributed by atoms with Crippen LogP contribution in [0.1, 0.15) is 6.92 Å². The number of ether oxygens (including phenoxy) is 3. The summed E-state index contributed by atoms with van der Waals surface area (Å²) in [5, 5.41) is 4.32. The van der Waals surface area contributed by atoms with Crippen LogP contribution in [0.5, 0.6) is 5.75 Å². The van der Waals surface area contributed by atoms with Gasteiger partial charge in [-0.25, -0.2) is 9.59 Å². The van der Waals surface area contributed by atoms with Crippen LogP contribution in [-0.4, -0.2) is 31.3 Å². The molecule has 0 aliphatic heterocycles. The van der Waals surface area contributed by atoms with E-state index in [2.05, 4.69) is 72.7 Å². The number of anilines is 3. The molecule has 0 fully saturated rings. The van der Waals surface area contributed by atoms with Gasteiger partial charge >= 0.3 is 11.9 Å². The van der Waals surface area contributed by atoms with E-state index in [4.69, 9.17) is 14.2 Å². The molecule has 0 radical (unpaired) electrons. The number of fused-ring (bicyclic) bond motifs is 3. The minimum absolute atomic E-state index is 0.000303. The van der Waals surface area contributed by atoms with Crippen molar-refractivity contribution in [3.8, 4) is 5.75 Å². The van der Waals surface area contributed by atoms with Crippen molar-refractivity contribution in [2.75, 3.05) is 18.1 Å². The SMILES string of the molecule is C=CC(=O)OC(COC(=O)C(=C)C)COc1ccc2c(ccc3cc(N(c4ccccc4)c4ccccc4)ccc32)c1. The second-order valence-corrected chi connectivity index (χ2v) is 9.81. The maximum absolute atomic E-state index is 11.8. The molecule has 42 heavy (non-hydrogen) atoms. The molecule has 0 saturated carbocycles. The van der Waals surface area contributed by atoms with Crippen molar-refractivity contribution in [2.45, 2.75) is 13.0 Å². The third kappa shape index (κ3) is 6.50. The Labute approximate surface area is 245 Å². The zero-order valence-electron chi connectivity index (χ0n) is 23.4. The van der Waals surface area contributed by atoms with Gasteiger partial charge in [0.15, 0.2) is 6.10 Å². The predicted octanol–water partition coefficient (Wildman–Crippen LogP) is 8.06. The molecule has 6 heteroatoms. The molecule has 0 aliphatic rings. The maximum Gasteiger partial charge on any atom is 0.333 e. The molecule has 0 aromatic heterocycles. The number of carbonyl (C=O) groups is 2. The number of hydrogen-bond acceptors (Lipinski definition) is 6. The van der Waals surface area contributed by atoms with Crippen molar-refractivity contribution in [2.24, 2.45) is 0 Å². The van der Waals surface area contributed by atoms with E-state index in [9.17, 15) is 9.59 Å². The largest absolute Gasteiger partial charge is 0.490 e. The Morgan fingerprint density at radius 1 is 0.762 bits per heavy atom. The lowest BCUT2D eigenvalue weighted by Gasteiger charge is -2.25. The highest BCUT2D eigenvalue weighted by molar-refractivity contribution is 6.09. The molecular weight excluding hydrogens is 526 g/mol. The monoisotopic (exact) mass is 557 g/mol. The molecule has 6 nitrogen and oxygen atoms in total. The molecule has 210 valence electrons. The predicted molar refractivity (Wildman–Crippen MR) is 167 cm³/mol. The summed E-state index contributed by atoms with van der Waals surface area (Å²) in [4.78, 5) is 25.8. The van der Waals surface area contributed by atoms with Crippen LogP contribution in [-0.2, 0) is 19.1 Å². The number of esters is 2. The maximum atomic E-state index is 11.8. The van der Waals surface area contributed by atoms with Gasteiger partial charge in [0, 0.05) is 28.7 Å². The van der Waals surface area contributed by atoms with Gasteiger partial charge in [0.1, 0.15) is 19.0 Å². The second kappa shape index (κ2) is 12.9. The fourth-order valence-corrected chi connectivity index (χ4v) is 4.68. The molecule has 0 saturated heterocycles. The van der Waals surface area contributed by atoms with E-state index in [0.29, 0.717) is 5.75 Å². The van der Waals surface area contributed by atoms with Gasteiger partial charge < -0.3 is 19.1 Å². The number of para-hydroxylation sites is 2.